The molecule has 0 bridgehead atoms. The highest BCUT2D eigenvalue weighted by molar-refractivity contribution is 9.10. The highest BCUT2D eigenvalue weighted by atomic mass is 79.9. The molecule has 0 saturated carbocycles. The molecule has 0 fully saturated rings. The molecule has 0 aromatic heterocycles. The molecule has 0 atom stereocenters. The molecule has 0 N–H and O–H groups in total. The van der Waals surface area contributed by atoms with E-state index >= 15 is 0 Å². The van der Waals surface area contributed by atoms with Gasteiger partial charge in [0, 0.05) is 17.1 Å². The van der Waals surface area contributed by atoms with Gasteiger partial charge >= 0.3 is 6.18 Å². The van der Waals surface area contributed by atoms with Crippen LogP contribution in [-0.2, 0) is 6.18 Å². The second kappa shape index (κ2) is 6.29. The summed E-state index contributed by atoms with van der Waals surface area (Å²) in [7, 11) is 0. The van der Waals surface area contributed by atoms with Crippen molar-refractivity contribution >= 4 is 21.6 Å². The molecule has 19 heavy (non-hydrogen) atoms. The lowest BCUT2D eigenvalue weighted by Gasteiger charge is -2.29. The minimum Gasteiger partial charge on any atom is -0.367 e. The lowest BCUT2D eigenvalue weighted by Crippen LogP contribution is -2.32. The predicted octanol–water partition coefficient (Wildman–Crippen LogP) is 4.60. The maximum Gasteiger partial charge on any atom is 0.416 e. The summed E-state index contributed by atoms with van der Waals surface area (Å²) in [6.07, 6.45) is -4.03. The molecule has 1 aromatic carbocycles. The predicted molar refractivity (Wildman–Crippen MR) is 71.9 cm³/mol. The van der Waals surface area contributed by atoms with Crippen molar-refractivity contribution < 1.29 is 13.2 Å². The van der Waals surface area contributed by atoms with E-state index in [2.05, 4.69) is 15.9 Å². The van der Waals surface area contributed by atoms with Crippen LogP contribution >= 0.6 is 15.9 Å². The van der Waals surface area contributed by atoms with Gasteiger partial charge in [-0.3, -0.25) is 0 Å². The van der Waals surface area contributed by atoms with Gasteiger partial charge in [-0.25, -0.2) is 0 Å². The van der Waals surface area contributed by atoms with Crippen LogP contribution in [0.1, 0.15) is 25.8 Å². The number of hydrogen-bond acceptors (Lipinski definition) is 2. The molecular weight excluding hydrogens is 321 g/mol. The number of nitriles is 1. The summed E-state index contributed by atoms with van der Waals surface area (Å²) in [6.45, 7) is 4.35. The Morgan fingerprint density at radius 3 is 2.42 bits per heavy atom. The number of rotatable bonds is 4. The first kappa shape index (κ1) is 15.8. The molecule has 6 heteroatoms. The van der Waals surface area contributed by atoms with Crippen LogP contribution in [0.15, 0.2) is 22.7 Å². The van der Waals surface area contributed by atoms with Crippen molar-refractivity contribution in [2.75, 3.05) is 11.4 Å². The minimum atomic E-state index is -4.35. The Labute approximate surface area is 119 Å². The van der Waals surface area contributed by atoms with E-state index in [1.165, 1.54) is 6.07 Å². The molecule has 0 heterocycles. The first-order chi connectivity index (χ1) is 8.77. The van der Waals surface area contributed by atoms with Gasteiger partial charge in [0.2, 0.25) is 0 Å². The fraction of sp³-hybridized carbons (Fsp3) is 0.462. The van der Waals surface area contributed by atoms with Crippen LogP contribution in [-0.4, -0.2) is 12.6 Å². The first-order valence-corrected chi connectivity index (χ1v) is 6.57. The molecule has 1 rings (SSSR count). The largest absolute Gasteiger partial charge is 0.416 e. The first-order valence-electron chi connectivity index (χ1n) is 5.77. The Kier molecular flexibility index (Phi) is 5.24. The Bertz CT molecular complexity index is 478. The molecule has 104 valence electrons. The zero-order valence-corrected chi connectivity index (χ0v) is 12.2. The van der Waals surface area contributed by atoms with Crippen LogP contribution in [0.25, 0.3) is 0 Å². The van der Waals surface area contributed by atoms with Crippen molar-refractivity contribution in [3.05, 3.63) is 28.2 Å². The van der Waals surface area contributed by atoms with Gasteiger partial charge in [0.1, 0.15) is 0 Å². The summed E-state index contributed by atoms with van der Waals surface area (Å²) in [5, 5.41) is 8.63. The molecule has 1 aromatic rings. The van der Waals surface area contributed by atoms with Gasteiger partial charge in [-0.2, -0.15) is 18.4 Å². The maximum absolute atomic E-state index is 12.6. The number of benzene rings is 1. The van der Waals surface area contributed by atoms with Crippen molar-refractivity contribution in [1.82, 2.24) is 0 Å². The fourth-order valence-corrected chi connectivity index (χ4v) is 2.35. The van der Waals surface area contributed by atoms with Crippen LogP contribution in [0, 0.1) is 11.3 Å². The highest BCUT2D eigenvalue weighted by Crippen LogP contribution is 2.35. The van der Waals surface area contributed by atoms with Gasteiger partial charge in [-0.05, 0) is 48.0 Å². The SMILES string of the molecule is CC(C)N(CCC#N)c1ccc(C(F)(F)F)cc1Br. The smallest absolute Gasteiger partial charge is 0.367 e. The zero-order chi connectivity index (χ0) is 14.6. The molecule has 0 aliphatic carbocycles. The van der Waals surface area contributed by atoms with Crippen LogP contribution in [0.5, 0.6) is 0 Å². The van der Waals surface area contributed by atoms with Crippen molar-refractivity contribution in [2.45, 2.75) is 32.5 Å². The van der Waals surface area contributed by atoms with E-state index in [-0.39, 0.29) is 6.04 Å². The van der Waals surface area contributed by atoms with Crippen LogP contribution in [0.3, 0.4) is 0 Å². The standard InChI is InChI=1S/C13H14BrF3N2/c1-9(2)19(7-3-6-18)12-5-4-10(8-11(12)14)13(15,16)17/h4-5,8-9H,3,7H2,1-2H3. The third-order valence-corrected chi connectivity index (χ3v) is 3.31. The van der Waals surface area contributed by atoms with E-state index in [4.69, 9.17) is 5.26 Å². The molecule has 0 saturated heterocycles. The van der Waals surface area contributed by atoms with E-state index in [9.17, 15) is 13.2 Å². The molecular formula is C13H14BrF3N2. The van der Waals surface area contributed by atoms with Gasteiger partial charge in [-0.1, -0.05) is 0 Å². The van der Waals surface area contributed by atoms with Crippen molar-refractivity contribution in [3.63, 3.8) is 0 Å². The highest BCUT2D eigenvalue weighted by Gasteiger charge is 2.31. The van der Waals surface area contributed by atoms with E-state index in [1.807, 2.05) is 24.8 Å². The summed E-state index contributed by atoms with van der Waals surface area (Å²) >= 11 is 3.18. The molecule has 0 amide bonds. The number of halogens is 4. The lowest BCUT2D eigenvalue weighted by atomic mass is 10.1. The molecule has 0 spiro atoms. The summed E-state index contributed by atoms with van der Waals surface area (Å²) in [5.74, 6) is 0. The van der Waals surface area contributed by atoms with Gasteiger partial charge < -0.3 is 4.90 Å². The number of nitrogens with zero attached hydrogens (tertiary/aromatic N) is 2. The number of anilines is 1. The summed E-state index contributed by atoms with van der Waals surface area (Å²) in [4.78, 5) is 1.90. The second-order valence-electron chi connectivity index (χ2n) is 4.36. The average molecular weight is 335 g/mol. The minimum absolute atomic E-state index is 0.0985. The summed E-state index contributed by atoms with van der Waals surface area (Å²) in [6, 6.07) is 5.70. The second-order valence-corrected chi connectivity index (χ2v) is 5.21. The Morgan fingerprint density at radius 2 is 2.00 bits per heavy atom. The van der Waals surface area contributed by atoms with E-state index in [1.54, 1.807) is 0 Å². The van der Waals surface area contributed by atoms with Gasteiger partial charge in [0.05, 0.1) is 23.7 Å². The third-order valence-electron chi connectivity index (χ3n) is 2.67. The van der Waals surface area contributed by atoms with Gasteiger partial charge in [0.25, 0.3) is 0 Å². The zero-order valence-electron chi connectivity index (χ0n) is 10.6. The summed E-state index contributed by atoms with van der Waals surface area (Å²) in [5.41, 5.74) is -0.0228. The molecule has 0 unspecified atom stereocenters. The normalized spacial score (nSPS) is 11.5. The van der Waals surface area contributed by atoms with Crippen molar-refractivity contribution in [2.24, 2.45) is 0 Å². The monoisotopic (exact) mass is 334 g/mol. The maximum atomic E-state index is 12.6. The Hall–Kier alpha value is -1.22. The quantitative estimate of drug-likeness (QED) is 0.804. The average Bonchev–Trinajstić information content (AvgIpc) is 2.29. The van der Waals surface area contributed by atoms with E-state index in [0.717, 1.165) is 12.1 Å². The third kappa shape index (κ3) is 4.13. The van der Waals surface area contributed by atoms with Crippen molar-refractivity contribution in [1.29, 1.82) is 5.26 Å². The molecule has 0 aliphatic heterocycles. The number of alkyl halides is 3. The van der Waals surface area contributed by atoms with Gasteiger partial charge in [-0.15, -0.1) is 0 Å². The lowest BCUT2D eigenvalue weighted by molar-refractivity contribution is -0.137. The topological polar surface area (TPSA) is 27.0 Å². The van der Waals surface area contributed by atoms with Crippen LogP contribution in [0.2, 0.25) is 0 Å². The molecule has 2 nitrogen and oxygen atoms in total. The van der Waals surface area contributed by atoms with Gasteiger partial charge in [0.15, 0.2) is 0 Å². The van der Waals surface area contributed by atoms with E-state index in [0.29, 0.717) is 23.1 Å². The van der Waals surface area contributed by atoms with E-state index < -0.39 is 11.7 Å². The molecule has 0 radical (unpaired) electrons. The fourth-order valence-electron chi connectivity index (χ4n) is 1.74. The summed E-state index contributed by atoms with van der Waals surface area (Å²) < 4.78 is 38.1. The van der Waals surface area contributed by atoms with Crippen LogP contribution in [0.4, 0.5) is 18.9 Å². The van der Waals surface area contributed by atoms with Crippen LogP contribution < -0.4 is 4.90 Å². The molecule has 0 aliphatic rings. The Balaban J connectivity index is 3.09. The Morgan fingerprint density at radius 1 is 1.37 bits per heavy atom. The van der Waals surface area contributed by atoms with Crippen molar-refractivity contribution in [3.8, 4) is 6.07 Å². The number of hydrogen-bond donors (Lipinski definition) is 0.